The van der Waals surface area contributed by atoms with Gasteiger partial charge in [-0.2, -0.15) is 4.31 Å². The first kappa shape index (κ1) is 23.4. The Balaban J connectivity index is 1.40. The van der Waals surface area contributed by atoms with Crippen LogP contribution in [0.3, 0.4) is 0 Å². The standard InChI is InChI=1S/C25H31N3O4S/c1-16-6-8-20(14-17(16)2)33(30,31)28-12-10-18(11-13-28)23(29)26-19-7-9-22-21(15-19)27-24(32-22)25(3,4)5/h6-9,14-15,18H,10-13H2,1-5H3,(H,26,29). The van der Waals surface area contributed by atoms with Crippen molar-refractivity contribution in [2.24, 2.45) is 5.92 Å². The maximum absolute atomic E-state index is 13.0. The van der Waals surface area contributed by atoms with E-state index in [0.717, 1.165) is 11.1 Å². The van der Waals surface area contributed by atoms with Gasteiger partial charge in [0.1, 0.15) is 5.52 Å². The van der Waals surface area contributed by atoms with Gasteiger partial charge in [-0.25, -0.2) is 13.4 Å². The number of anilines is 1. The number of carbonyl (C=O) groups excluding carboxylic acids is 1. The van der Waals surface area contributed by atoms with E-state index in [-0.39, 0.29) is 17.2 Å². The van der Waals surface area contributed by atoms with Crippen molar-refractivity contribution in [3.8, 4) is 0 Å². The fourth-order valence-corrected chi connectivity index (χ4v) is 5.51. The summed E-state index contributed by atoms with van der Waals surface area (Å²) in [6.07, 6.45) is 0.965. The van der Waals surface area contributed by atoms with E-state index in [9.17, 15) is 13.2 Å². The number of oxazole rings is 1. The summed E-state index contributed by atoms with van der Waals surface area (Å²) in [5.41, 5.74) is 3.85. The summed E-state index contributed by atoms with van der Waals surface area (Å²) < 4.78 is 33.3. The highest BCUT2D eigenvalue weighted by molar-refractivity contribution is 7.89. The van der Waals surface area contributed by atoms with Crippen molar-refractivity contribution in [2.45, 2.75) is 57.8 Å². The normalized spacial score (nSPS) is 16.3. The molecule has 0 unspecified atom stereocenters. The number of hydrogen-bond donors (Lipinski definition) is 1. The Morgan fingerprint density at radius 1 is 1.06 bits per heavy atom. The lowest BCUT2D eigenvalue weighted by Crippen LogP contribution is -2.41. The van der Waals surface area contributed by atoms with E-state index in [2.05, 4.69) is 10.3 Å². The van der Waals surface area contributed by atoms with E-state index in [1.165, 1.54) is 4.31 Å². The Labute approximate surface area is 195 Å². The average Bonchev–Trinajstić information content (AvgIpc) is 3.20. The van der Waals surface area contributed by atoms with Gasteiger partial charge in [-0.15, -0.1) is 0 Å². The predicted octanol–water partition coefficient (Wildman–Crippen LogP) is 4.78. The first-order chi connectivity index (χ1) is 15.4. The van der Waals surface area contributed by atoms with Crippen molar-refractivity contribution < 1.29 is 17.6 Å². The zero-order valence-corrected chi connectivity index (χ0v) is 20.6. The lowest BCUT2D eigenvalue weighted by atomic mass is 9.97. The summed E-state index contributed by atoms with van der Waals surface area (Å²) in [6, 6.07) is 10.6. The summed E-state index contributed by atoms with van der Waals surface area (Å²) in [4.78, 5) is 17.7. The highest BCUT2D eigenvalue weighted by Gasteiger charge is 2.32. The van der Waals surface area contributed by atoms with Crippen LogP contribution in [0.15, 0.2) is 45.7 Å². The molecule has 0 saturated carbocycles. The second-order valence-corrected chi connectivity index (χ2v) is 11.8. The van der Waals surface area contributed by atoms with Gasteiger partial charge >= 0.3 is 0 Å². The Hall–Kier alpha value is -2.71. The Bertz CT molecular complexity index is 1300. The van der Waals surface area contributed by atoms with Gasteiger partial charge in [-0.3, -0.25) is 4.79 Å². The Kier molecular flexibility index (Phi) is 6.09. The molecule has 1 amide bonds. The van der Waals surface area contributed by atoms with Crippen LogP contribution >= 0.6 is 0 Å². The van der Waals surface area contributed by atoms with Crippen molar-refractivity contribution in [2.75, 3.05) is 18.4 Å². The molecule has 2 aromatic carbocycles. The number of rotatable bonds is 4. The van der Waals surface area contributed by atoms with Gasteiger partial charge in [0.15, 0.2) is 5.58 Å². The number of aryl methyl sites for hydroxylation is 2. The van der Waals surface area contributed by atoms with Crippen LogP contribution in [0.5, 0.6) is 0 Å². The molecule has 1 aliphatic heterocycles. The molecular weight excluding hydrogens is 438 g/mol. The van der Waals surface area contributed by atoms with Crippen LogP contribution < -0.4 is 5.32 Å². The molecule has 0 atom stereocenters. The molecule has 0 radical (unpaired) electrons. The van der Waals surface area contributed by atoms with E-state index >= 15 is 0 Å². The molecule has 0 spiro atoms. The molecule has 1 saturated heterocycles. The second-order valence-electron chi connectivity index (χ2n) is 9.87. The van der Waals surface area contributed by atoms with Crippen molar-refractivity contribution in [1.29, 1.82) is 0 Å². The summed E-state index contributed by atoms with van der Waals surface area (Å²) >= 11 is 0. The average molecular weight is 470 g/mol. The fraction of sp³-hybridized carbons (Fsp3) is 0.440. The van der Waals surface area contributed by atoms with E-state index in [0.29, 0.717) is 53.5 Å². The van der Waals surface area contributed by atoms with Gasteiger partial charge in [-0.1, -0.05) is 26.8 Å². The number of sulfonamides is 1. The van der Waals surface area contributed by atoms with E-state index in [1.807, 2.05) is 52.8 Å². The number of hydrogen-bond acceptors (Lipinski definition) is 5. The minimum Gasteiger partial charge on any atom is -0.440 e. The van der Waals surface area contributed by atoms with Gasteiger partial charge in [0.25, 0.3) is 0 Å². The first-order valence-corrected chi connectivity index (χ1v) is 12.7. The summed E-state index contributed by atoms with van der Waals surface area (Å²) in [7, 11) is -3.56. The lowest BCUT2D eigenvalue weighted by Gasteiger charge is -2.30. The number of carbonyl (C=O) groups is 1. The molecule has 176 valence electrons. The molecule has 1 aliphatic rings. The Morgan fingerprint density at radius 3 is 2.39 bits per heavy atom. The number of benzene rings is 2. The number of amides is 1. The number of aromatic nitrogens is 1. The predicted molar refractivity (Wildman–Crippen MR) is 129 cm³/mol. The molecule has 1 fully saturated rings. The molecule has 0 bridgehead atoms. The molecule has 8 heteroatoms. The molecule has 3 aromatic rings. The van der Waals surface area contributed by atoms with Gasteiger partial charge < -0.3 is 9.73 Å². The molecular formula is C25H31N3O4S. The van der Waals surface area contributed by atoms with Crippen molar-refractivity contribution in [3.05, 3.63) is 53.4 Å². The van der Waals surface area contributed by atoms with Crippen molar-refractivity contribution >= 4 is 32.7 Å². The molecule has 2 heterocycles. The third-order valence-electron chi connectivity index (χ3n) is 6.24. The van der Waals surface area contributed by atoms with Gasteiger partial charge in [0, 0.05) is 30.1 Å². The summed E-state index contributed by atoms with van der Waals surface area (Å²) in [6.45, 7) is 10.6. The minimum absolute atomic E-state index is 0.0999. The summed E-state index contributed by atoms with van der Waals surface area (Å²) in [5.74, 6) is 0.310. The maximum atomic E-state index is 13.0. The molecule has 33 heavy (non-hydrogen) atoms. The van der Waals surface area contributed by atoms with Gasteiger partial charge in [0.05, 0.1) is 4.90 Å². The largest absolute Gasteiger partial charge is 0.440 e. The van der Waals surface area contributed by atoms with E-state index in [4.69, 9.17) is 4.42 Å². The van der Waals surface area contributed by atoms with Crippen LogP contribution in [0.25, 0.3) is 11.1 Å². The number of nitrogens with one attached hydrogen (secondary N) is 1. The highest BCUT2D eigenvalue weighted by Crippen LogP contribution is 2.29. The van der Waals surface area contributed by atoms with E-state index < -0.39 is 10.0 Å². The van der Waals surface area contributed by atoms with Gasteiger partial charge in [0.2, 0.25) is 21.8 Å². The van der Waals surface area contributed by atoms with Crippen LogP contribution in [0.1, 0.15) is 50.6 Å². The van der Waals surface area contributed by atoms with Crippen LogP contribution in [-0.4, -0.2) is 36.7 Å². The first-order valence-electron chi connectivity index (χ1n) is 11.2. The lowest BCUT2D eigenvalue weighted by molar-refractivity contribution is -0.120. The zero-order chi connectivity index (χ0) is 24.0. The quantitative estimate of drug-likeness (QED) is 0.594. The van der Waals surface area contributed by atoms with Crippen LogP contribution in [0, 0.1) is 19.8 Å². The molecule has 1 aromatic heterocycles. The molecule has 1 N–H and O–H groups in total. The number of piperidine rings is 1. The smallest absolute Gasteiger partial charge is 0.243 e. The van der Waals surface area contributed by atoms with E-state index in [1.54, 1.807) is 18.2 Å². The second kappa shape index (κ2) is 8.57. The zero-order valence-electron chi connectivity index (χ0n) is 19.8. The summed E-state index contributed by atoms with van der Waals surface area (Å²) in [5, 5.41) is 2.96. The third-order valence-corrected chi connectivity index (χ3v) is 8.13. The maximum Gasteiger partial charge on any atom is 0.243 e. The van der Waals surface area contributed by atoms with Gasteiger partial charge in [-0.05, 0) is 68.1 Å². The molecule has 7 nitrogen and oxygen atoms in total. The van der Waals surface area contributed by atoms with Crippen LogP contribution in [0.4, 0.5) is 5.69 Å². The fourth-order valence-electron chi connectivity index (χ4n) is 3.95. The van der Waals surface area contributed by atoms with Crippen LogP contribution in [-0.2, 0) is 20.2 Å². The van der Waals surface area contributed by atoms with Crippen molar-refractivity contribution in [1.82, 2.24) is 9.29 Å². The minimum atomic E-state index is -3.56. The third kappa shape index (κ3) is 4.82. The van der Waals surface area contributed by atoms with Crippen molar-refractivity contribution in [3.63, 3.8) is 0 Å². The topological polar surface area (TPSA) is 92.5 Å². The Morgan fingerprint density at radius 2 is 1.76 bits per heavy atom. The van der Waals surface area contributed by atoms with Crippen LogP contribution in [0.2, 0.25) is 0 Å². The SMILES string of the molecule is Cc1ccc(S(=O)(=O)N2CCC(C(=O)Nc3ccc4oc(C(C)(C)C)nc4c3)CC2)cc1C. The number of fused-ring (bicyclic) bond motifs is 1. The highest BCUT2D eigenvalue weighted by atomic mass is 32.2. The molecule has 0 aliphatic carbocycles. The number of nitrogens with zero attached hydrogens (tertiary/aromatic N) is 2. The molecule has 4 rings (SSSR count). The monoisotopic (exact) mass is 469 g/mol.